The summed E-state index contributed by atoms with van der Waals surface area (Å²) in [6.45, 7) is 7.49. The van der Waals surface area contributed by atoms with Gasteiger partial charge >= 0.3 is 0 Å². The molecule has 1 atom stereocenters. The van der Waals surface area contributed by atoms with E-state index < -0.39 is 11.6 Å². The van der Waals surface area contributed by atoms with Crippen molar-refractivity contribution < 1.29 is 4.79 Å². The first-order valence-corrected chi connectivity index (χ1v) is 10.8. The lowest BCUT2D eigenvalue weighted by atomic mass is 10.1. The van der Waals surface area contributed by atoms with Crippen LogP contribution in [0.15, 0.2) is 53.3 Å². The predicted molar refractivity (Wildman–Crippen MR) is 127 cm³/mol. The molecule has 2 aromatic carbocycles. The predicted octanol–water partition coefficient (Wildman–Crippen LogP) is 4.75. The van der Waals surface area contributed by atoms with Gasteiger partial charge in [0.05, 0.1) is 33.2 Å². The van der Waals surface area contributed by atoms with Gasteiger partial charge in [-0.05, 0) is 57.0 Å². The van der Waals surface area contributed by atoms with Gasteiger partial charge in [-0.1, -0.05) is 42.8 Å². The second kappa shape index (κ2) is 8.59. The van der Waals surface area contributed by atoms with E-state index in [-0.39, 0.29) is 5.91 Å². The third-order valence-corrected chi connectivity index (χ3v) is 5.83. The van der Waals surface area contributed by atoms with Crippen LogP contribution in [0.25, 0.3) is 16.6 Å². The topological polar surface area (TPSA) is 81.8 Å². The van der Waals surface area contributed by atoms with Crippen molar-refractivity contribution >= 4 is 34.1 Å². The van der Waals surface area contributed by atoms with Crippen molar-refractivity contribution in [1.82, 2.24) is 19.6 Å². The van der Waals surface area contributed by atoms with Gasteiger partial charge in [0.15, 0.2) is 5.52 Å². The van der Waals surface area contributed by atoms with E-state index in [0.717, 1.165) is 16.9 Å². The first-order valence-electron chi connectivity index (χ1n) is 10.4. The van der Waals surface area contributed by atoms with E-state index in [2.05, 4.69) is 15.5 Å². The normalized spacial score (nSPS) is 12.2. The monoisotopic (exact) mass is 449 g/mol. The molecule has 32 heavy (non-hydrogen) atoms. The van der Waals surface area contributed by atoms with Crippen LogP contribution in [0.2, 0.25) is 5.02 Å². The summed E-state index contributed by atoms with van der Waals surface area (Å²) in [6.07, 6.45) is 0.380. The highest BCUT2D eigenvalue weighted by molar-refractivity contribution is 6.33. The Morgan fingerprint density at radius 2 is 1.81 bits per heavy atom. The van der Waals surface area contributed by atoms with E-state index in [1.807, 2.05) is 64.1 Å². The van der Waals surface area contributed by atoms with Crippen LogP contribution in [0, 0.1) is 20.8 Å². The molecule has 8 heteroatoms. The number of para-hydroxylation sites is 1. The fraction of sp³-hybridized carbons (Fsp3) is 0.250. The number of hydrogen-bond donors (Lipinski definition) is 1. The van der Waals surface area contributed by atoms with Gasteiger partial charge in [0.2, 0.25) is 5.91 Å². The van der Waals surface area contributed by atoms with E-state index >= 15 is 0 Å². The number of nitrogens with zero attached hydrogens (tertiary/aromatic N) is 4. The summed E-state index contributed by atoms with van der Waals surface area (Å²) in [7, 11) is 0. The van der Waals surface area contributed by atoms with Crippen LogP contribution in [0.5, 0.6) is 0 Å². The summed E-state index contributed by atoms with van der Waals surface area (Å²) in [5.41, 5.74) is 3.69. The Hall–Kier alpha value is -3.45. The molecule has 0 radical (unpaired) electrons. The number of amides is 1. The first kappa shape index (κ1) is 21.8. The van der Waals surface area contributed by atoms with Crippen LogP contribution in [-0.4, -0.2) is 25.5 Å². The maximum atomic E-state index is 13.4. The molecule has 0 aliphatic rings. The Kier molecular flexibility index (Phi) is 5.84. The summed E-state index contributed by atoms with van der Waals surface area (Å²) in [4.78, 5) is 26.4. The van der Waals surface area contributed by atoms with Gasteiger partial charge in [0.25, 0.3) is 5.56 Å². The fourth-order valence-electron chi connectivity index (χ4n) is 3.89. The number of anilines is 1. The number of benzene rings is 2. The van der Waals surface area contributed by atoms with Crippen molar-refractivity contribution in [3.8, 4) is 5.69 Å². The maximum absolute atomic E-state index is 13.4. The molecule has 0 bridgehead atoms. The average Bonchev–Trinajstić information content (AvgIpc) is 3.13. The molecule has 0 aliphatic carbocycles. The minimum absolute atomic E-state index is 0.290. The Morgan fingerprint density at radius 1 is 1.09 bits per heavy atom. The van der Waals surface area contributed by atoms with Crippen molar-refractivity contribution in [3.05, 3.63) is 80.9 Å². The van der Waals surface area contributed by atoms with Gasteiger partial charge in [0.1, 0.15) is 6.04 Å². The van der Waals surface area contributed by atoms with Gasteiger partial charge in [-0.15, -0.1) is 0 Å². The lowest BCUT2D eigenvalue weighted by Gasteiger charge is -2.18. The molecular formula is C24H24ClN5O2. The summed E-state index contributed by atoms with van der Waals surface area (Å²) in [6, 6.07) is 14.2. The summed E-state index contributed by atoms with van der Waals surface area (Å²) in [5.74, 6) is -0.356. The molecule has 0 saturated carbocycles. The SMILES string of the molecule is CCC(C(=O)Nc1ccc(C)cc1Cl)n1nc(C)c2c(C)n(-c3ccccc3)nc2c1=O. The lowest BCUT2D eigenvalue weighted by molar-refractivity contribution is -0.119. The molecule has 0 spiro atoms. The second-order valence-corrected chi connectivity index (χ2v) is 8.20. The van der Waals surface area contributed by atoms with Crippen LogP contribution >= 0.6 is 11.6 Å². The molecule has 2 heterocycles. The molecule has 0 saturated heterocycles. The molecule has 4 rings (SSSR count). The van der Waals surface area contributed by atoms with E-state index in [1.165, 1.54) is 4.68 Å². The van der Waals surface area contributed by atoms with E-state index in [9.17, 15) is 9.59 Å². The number of aryl methyl sites for hydroxylation is 3. The zero-order valence-electron chi connectivity index (χ0n) is 18.4. The first-order chi connectivity index (χ1) is 15.3. The van der Waals surface area contributed by atoms with Crippen LogP contribution in [0.3, 0.4) is 0 Å². The molecule has 7 nitrogen and oxygen atoms in total. The van der Waals surface area contributed by atoms with Crippen molar-refractivity contribution in [2.45, 2.75) is 40.2 Å². The third-order valence-electron chi connectivity index (χ3n) is 5.51. The summed E-state index contributed by atoms with van der Waals surface area (Å²) < 4.78 is 2.97. The highest BCUT2D eigenvalue weighted by Gasteiger charge is 2.25. The minimum atomic E-state index is -0.801. The second-order valence-electron chi connectivity index (χ2n) is 7.79. The molecule has 1 N–H and O–H groups in total. The van der Waals surface area contributed by atoms with E-state index in [1.54, 1.807) is 16.8 Å². The molecule has 1 amide bonds. The van der Waals surface area contributed by atoms with Crippen LogP contribution in [0.1, 0.15) is 36.3 Å². The number of carbonyl (C=O) groups is 1. The average molecular weight is 450 g/mol. The molecule has 2 aromatic heterocycles. The molecule has 0 aliphatic heterocycles. The van der Waals surface area contributed by atoms with Gasteiger partial charge in [-0.25, -0.2) is 9.36 Å². The van der Waals surface area contributed by atoms with Gasteiger partial charge in [0, 0.05) is 0 Å². The smallest absolute Gasteiger partial charge is 0.295 e. The number of halogens is 1. The largest absolute Gasteiger partial charge is 0.323 e. The summed E-state index contributed by atoms with van der Waals surface area (Å²) in [5, 5.41) is 13.0. The molecule has 164 valence electrons. The molecule has 0 fully saturated rings. The number of aromatic nitrogens is 4. The Morgan fingerprint density at radius 3 is 2.47 bits per heavy atom. The highest BCUT2D eigenvalue weighted by atomic mass is 35.5. The zero-order valence-corrected chi connectivity index (χ0v) is 19.1. The number of rotatable bonds is 5. The van der Waals surface area contributed by atoms with Crippen molar-refractivity contribution in [3.63, 3.8) is 0 Å². The Labute approximate surface area is 190 Å². The molecule has 1 unspecified atom stereocenters. The zero-order chi connectivity index (χ0) is 23.0. The van der Waals surface area contributed by atoms with Crippen LogP contribution in [0.4, 0.5) is 5.69 Å². The van der Waals surface area contributed by atoms with Gasteiger partial charge in [-0.3, -0.25) is 9.59 Å². The summed E-state index contributed by atoms with van der Waals surface area (Å²) >= 11 is 6.27. The van der Waals surface area contributed by atoms with Crippen molar-refractivity contribution in [2.24, 2.45) is 0 Å². The number of fused-ring (bicyclic) bond motifs is 1. The van der Waals surface area contributed by atoms with Crippen LogP contribution in [-0.2, 0) is 4.79 Å². The number of carbonyl (C=O) groups excluding carboxylic acids is 1. The lowest BCUT2D eigenvalue weighted by Crippen LogP contribution is -2.35. The number of hydrogen-bond acceptors (Lipinski definition) is 4. The maximum Gasteiger partial charge on any atom is 0.295 e. The Balaban J connectivity index is 1.78. The standard InChI is InChI=1S/C24H24ClN5O2/c1-5-20(23(31)26-19-12-11-14(2)13-18(19)25)30-24(32)22-21(15(3)27-30)16(4)29(28-22)17-9-7-6-8-10-17/h6-13,20H,5H2,1-4H3,(H,26,31). The van der Waals surface area contributed by atoms with Crippen molar-refractivity contribution in [2.75, 3.05) is 5.32 Å². The quantitative estimate of drug-likeness (QED) is 0.476. The Bertz CT molecular complexity index is 1370. The van der Waals surface area contributed by atoms with E-state index in [0.29, 0.717) is 33.7 Å². The minimum Gasteiger partial charge on any atom is -0.323 e. The van der Waals surface area contributed by atoms with E-state index in [4.69, 9.17) is 11.6 Å². The number of nitrogens with one attached hydrogen (secondary N) is 1. The highest BCUT2D eigenvalue weighted by Crippen LogP contribution is 2.25. The molecule has 4 aromatic rings. The molecular weight excluding hydrogens is 426 g/mol. The van der Waals surface area contributed by atoms with Crippen LogP contribution < -0.4 is 10.9 Å². The van der Waals surface area contributed by atoms with Crippen molar-refractivity contribution in [1.29, 1.82) is 0 Å². The fourth-order valence-corrected chi connectivity index (χ4v) is 4.17. The van der Waals surface area contributed by atoms with Gasteiger partial charge < -0.3 is 5.32 Å². The van der Waals surface area contributed by atoms with Gasteiger partial charge in [-0.2, -0.15) is 10.2 Å². The third kappa shape index (κ3) is 3.80.